The zero-order chi connectivity index (χ0) is 10.9. The number of rotatable bonds is 2. The van der Waals surface area contributed by atoms with Crippen LogP contribution in [0.4, 0.5) is 13.2 Å². The maximum atomic E-state index is 12.2. The lowest BCUT2D eigenvalue weighted by atomic mass is 10.3. The van der Waals surface area contributed by atoms with Gasteiger partial charge in [0.05, 0.1) is 0 Å². The molecule has 1 rings (SSSR count). The molecule has 1 aromatic heterocycles. The minimum Gasteiger partial charge on any atom is -0.474 e. The number of hydrogen-bond acceptors (Lipinski definition) is 3. The molecule has 0 saturated carbocycles. The number of carbonyl (C=O) groups is 1. The summed E-state index contributed by atoms with van der Waals surface area (Å²) in [6, 6.07) is 0. The van der Waals surface area contributed by atoms with E-state index < -0.39 is 29.5 Å². The fraction of sp³-hybridized carbons (Fsp3) is 0.429. The summed E-state index contributed by atoms with van der Waals surface area (Å²) >= 11 is 0. The Labute approximate surface area is 76.4 Å². The molecule has 78 valence electrons. The van der Waals surface area contributed by atoms with Crippen LogP contribution < -0.4 is 0 Å². The molecule has 0 bridgehead atoms. The van der Waals surface area contributed by atoms with Crippen LogP contribution in [0.25, 0.3) is 0 Å². The van der Waals surface area contributed by atoms with E-state index in [2.05, 4.69) is 9.40 Å². The van der Waals surface area contributed by atoms with Gasteiger partial charge in [0.25, 0.3) is 0 Å². The molecule has 7 heteroatoms. The van der Waals surface area contributed by atoms with E-state index in [4.69, 9.17) is 5.11 Å². The minimum atomic E-state index is -4.68. The third-order valence-corrected chi connectivity index (χ3v) is 1.47. The molecule has 0 aliphatic rings. The Kier molecular flexibility index (Phi) is 2.50. The van der Waals surface area contributed by atoms with Crippen molar-refractivity contribution in [3.8, 4) is 0 Å². The van der Waals surface area contributed by atoms with Crippen LogP contribution in [0.5, 0.6) is 0 Å². The number of aryl methyl sites for hydroxylation is 1. The summed E-state index contributed by atoms with van der Waals surface area (Å²) in [6.45, 7) is 1.42. The van der Waals surface area contributed by atoms with Gasteiger partial charge in [-0.1, -0.05) is 6.92 Å². The summed E-state index contributed by atoms with van der Waals surface area (Å²) in [5.74, 6) is -3.01. The lowest BCUT2D eigenvalue weighted by molar-refractivity contribution is -0.141. The summed E-state index contributed by atoms with van der Waals surface area (Å²) in [5, 5.41) is 8.36. The number of alkyl halides is 3. The van der Waals surface area contributed by atoms with E-state index in [1.54, 1.807) is 0 Å². The van der Waals surface area contributed by atoms with Crippen LogP contribution in [0.2, 0.25) is 0 Å². The van der Waals surface area contributed by atoms with E-state index in [-0.39, 0.29) is 6.42 Å². The zero-order valence-corrected chi connectivity index (χ0v) is 7.05. The van der Waals surface area contributed by atoms with E-state index >= 15 is 0 Å². The Hall–Kier alpha value is -1.53. The lowest BCUT2D eigenvalue weighted by Gasteiger charge is -2.01. The topological polar surface area (TPSA) is 63.3 Å². The third kappa shape index (κ3) is 1.86. The summed E-state index contributed by atoms with van der Waals surface area (Å²) in [5.41, 5.74) is -1.27. The second kappa shape index (κ2) is 3.32. The standard InChI is InChI=1S/C7H6F3NO3/c1-2-3-4(7(8,9)10)11-5(14-3)6(12)13/h2H2,1H3,(H,12,13). The highest BCUT2D eigenvalue weighted by Crippen LogP contribution is 2.31. The van der Waals surface area contributed by atoms with Crippen LogP contribution in [-0.4, -0.2) is 16.1 Å². The maximum Gasteiger partial charge on any atom is 0.436 e. The normalized spacial score (nSPS) is 11.7. The van der Waals surface area contributed by atoms with Gasteiger partial charge in [0, 0.05) is 6.42 Å². The van der Waals surface area contributed by atoms with Gasteiger partial charge >= 0.3 is 18.0 Å². The van der Waals surface area contributed by atoms with Crippen LogP contribution in [0.3, 0.4) is 0 Å². The summed E-state index contributed by atoms with van der Waals surface area (Å²) in [7, 11) is 0. The second-order valence-electron chi connectivity index (χ2n) is 2.45. The average molecular weight is 209 g/mol. The molecule has 0 fully saturated rings. The Morgan fingerprint density at radius 1 is 1.57 bits per heavy atom. The van der Waals surface area contributed by atoms with E-state index in [9.17, 15) is 18.0 Å². The molecular weight excluding hydrogens is 203 g/mol. The van der Waals surface area contributed by atoms with Crippen LogP contribution in [0, 0.1) is 0 Å². The molecule has 0 unspecified atom stereocenters. The van der Waals surface area contributed by atoms with Gasteiger partial charge in [0.15, 0.2) is 5.69 Å². The lowest BCUT2D eigenvalue weighted by Crippen LogP contribution is -2.09. The summed E-state index contributed by atoms with van der Waals surface area (Å²) in [6.07, 6.45) is -4.74. The molecule has 0 aromatic carbocycles. The summed E-state index contributed by atoms with van der Waals surface area (Å²) in [4.78, 5) is 13.1. The first kappa shape index (κ1) is 10.6. The van der Waals surface area contributed by atoms with Gasteiger partial charge in [0.1, 0.15) is 5.76 Å². The molecular formula is C7H6F3NO3. The van der Waals surface area contributed by atoms with E-state index in [1.165, 1.54) is 6.92 Å². The first-order valence-electron chi connectivity index (χ1n) is 3.66. The smallest absolute Gasteiger partial charge is 0.436 e. The Morgan fingerprint density at radius 3 is 2.43 bits per heavy atom. The van der Waals surface area contributed by atoms with Gasteiger partial charge in [-0.3, -0.25) is 0 Å². The molecule has 0 aliphatic heterocycles. The molecule has 0 amide bonds. The van der Waals surface area contributed by atoms with Crippen LogP contribution in [0.15, 0.2) is 4.42 Å². The highest BCUT2D eigenvalue weighted by Gasteiger charge is 2.39. The van der Waals surface area contributed by atoms with Crippen molar-refractivity contribution in [1.29, 1.82) is 0 Å². The SMILES string of the molecule is CCc1oc(C(=O)O)nc1C(F)(F)F. The molecule has 1 heterocycles. The van der Waals surface area contributed by atoms with Gasteiger partial charge in [0.2, 0.25) is 0 Å². The second-order valence-corrected chi connectivity index (χ2v) is 2.45. The monoisotopic (exact) mass is 209 g/mol. The molecule has 14 heavy (non-hydrogen) atoms. The van der Waals surface area contributed by atoms with E-state index in [1.807, 2.05) is 0 Å². The zero-order valence-electron chi connectivity index (χ0n) is 7.05. The van der Waals surface area contributed by atoms with Crippen molar-refractivity contribution < 1.29 is 27.5 Å². The average Bonchev–Trinajstić information content (AvgIpc) is 2.46. The Morgan fingerprint density at radius 2 is 2.14 bits per heavy atom. The number of halogens is 3. The maximum absolute atomic E-state index is 12.2. The number of aromatic nitrogens is 1. The molecule has 1 aromatic rings. The number of aromatic carboxylic acids is 1. The predicted molar refractivity (Wildman–Crippen MR) is 37.8 cm³/mol. The van der Waals surface area contributed by atoms with Crippen molar-refractivity contribution in [1.82, 2.24) is 4.98 Å². The van der Waals surface area contributed by atoms with Crippen LogP contribution in [0.1, 0.15) is 29.1 Å². The molecule has 4 nitrogen and oxygen atoms in total. The Bertz CT molecular complexity index is 356. The van der Waals surface area contributed by atoms with Crippen molar-refractivity contribution in [3.63, 3.8) is 0 Å². The number of hydrogen-bond donors (Lipinski definition) is 1. The van der Waals surface area contributed by atoms with Gasteiger partial charge in [-0.2, -0.15) is 18.2 Å². The van der Waals surface area contributed by atoms with Crippen molar-refractivity contribution in [2.45, 2.75) is 19.5 Å². The molecule has 1 N–H and O–H groups in total. The Balaban J connectivity index is 3.22. The van der Waals surface area contributed by atoms with E-state index in [0.29, 0.717) is 0 Å². The number of carboxylic acids is 1. The van der Waals surface area contributed by atoms with Crippen molar-refractivity contribution in [3.05, 3.63) is 17.3 Å². The highest BCUT2D eigenvalue weighted by molar-refractivity contribution is 5.82. The van der Waals surface area contributed by atoms with Gasteiger partial charge in [-0.25, -0.2) is 4.79 Å². The van der Waals surface area contributed by atoms with Crippen molar-refractivity contribution in [2.24, 2.45) is 0 Å². The predicted octanol–water partition coefficient (Wildman–Crippen LogP) is 1.95. The quantitative estimate of drug-likeness (QED) is 0.808. The summed E-state index contributed by atoms with van der Waals surface area (Å²) < 4.78 is 41.0. The number of carboxylic acid groups (broad SMARTS) is 1. The molecule has 0 saturated heterocycles. The molecule has 0 atom stereocenters. The fourth-order valence-corrected chi connectivity index (χ4v) is 0.904. The van der Waals surface area contributed by atoms with Gasteiger partial charge < -0.3 is 9.52 Å². The van der Waals surface area contributed by atoms with Crippen LogP contribution >= 0.6 is 0 Å². The molecule has 0 aliphatic carbocycles. The van der Waals surface area contributed by atoms with Gasteiger partial charge in [-0.05, 0) is 0 Å². The highest BCUT2D eigenvalue weighted by atomic mass is 19.4. The van der Waals surface area contributed by atoms with Crippen LogP contribution in [-0.2, 0) is 12.6 Å². The number of oxazole rings is 1. The molecule has 0 radical (unpaired) electrons. The largest absolute Gasteiger partial charge is 0.474 e. The minimum absolute atomic E-state index is 0.0604. The fourth-order valence-electron chi connectivity index (χ4n) is 0.904. The van der Waals surface area contributed by atoms with Gasteiger partial charge in [-0.15, -0.1) is 0 Å². The van der Waals surface area contributed by atoms with E-state index in [0.717, 1.165) is 0 Å². The first-order chi connectivity index (χ1) is 6.36. The van der Waals surface area contributed by atoms with Crippen molar-refractivity contribution >= 4 is 5.97 Å². The molecule has 0 spiro atoms. The number of nitrogens with zero attached hydrogens (tertiary/aromatic N) is 1. The third-order valence-electron chi connectivity index (χ3n) is 1.47. The first-order valence-corrected chi connectivity index (χ1v) is 3.66. The van der Waals surface area contributed by atoms with Crippen molar-refractivity contribution in [2.75, 3.05) is 0 Å².